The Morgan fingerprint density at radius 2 is 1.78 bits per heavy atom. The molecule has 0 heterocycles. The van der Waals surface area contributed by atoms with Crippen LogP contribution in [0, 0.1) is 13.8 Å². The zero-order valence-corrected chi connectivity index (χ0v) is 11.2. The number of hydrogen-bond acceptors (Lipinski definition) is 2. The molecular formula is C16H19NO. The molecule has 0 aliphatic carbocycles. The monoisotopic (exact) mass is 241 g/mol. The third kappa shape index (κ3) is 2.39. The molecule has 2 nitrogen and oxygen atoms in total. The highest BCUT2D eigenvalue weighted by Crippen LogP contribution is 2.30. The number of ether oxygens (including phenoxy) is 1. The Bertz CT molecular complexity index is 561. The Kier molecular flexibility index (Phi) is 3.68. The van der Waals surface area contributed by atoms with Gasteiger partial charge in [0.1, 0.15) is 5.75 Å². The van der Waals surface area contributed by atoms with Gasteiger partial charge in [-0.3, -0.25) is 0 Å². The summed E-state index contributed by atoms with van der Waals surface area (Å²) >= 11 is 0. The maximum atomic E-state index is 5.82. The number of nitrogens with two attached hydrogens (primary N) is 1. The highest BCUT2D eigenvalue weighted by Gasteiger charge is 2.08. The summed E-state index contributed by atoms with van der Waals surface area (Å²) in [7, 11) is 1.69. The van der Waals surface area contributed by atoms with E-state index in [0.29, 0.717) is 6.54 Å². The number of rotatable bonds is 3. The Balaban J connectivity index is 2.57. The van der Waals surface area contributed by atoms with E-state index in [1.54, 1.807) is 7.11 Å². The topological polar surface area (TPSA) is 35.2 Å². The predicted molar refractivity (Wildman–Crippen MR) is 75.8 cm³/mol. The molecule has 0 radical (unpaired) electrons. The number of benzene rings is 2. The van der Waals surface area contributed by atoms with E-state index in [9.17, 15) is 0 Å². The van der Waals surface area contributed by atoms with Gasteiger partial charge < -0.3 is 10.5 Å². The molecule has 0 aromatic heterocycles. The lowest BCUT2D eigenvalue weighted by molar-refractivity contribution is 0.414. The van der Waals surface area contributed by atoms with Gasteiger partial charge in [0.2, 0.25) is 0 Å². The van der Waals surface area contributed by atoms with Crippen molar-refractivity contribution in [1.29, 1.82) is 0 Å². The van der Waals surface area contributed by atoms with Crippen molar-refractivity contribution < 1.29 is 4.74 Å². The molecule has 0 aliphatic heterocycles. The molecule has 0 bridgehead atoms. The van der Waals surface area contributed by atoms with Crippen molar-refractivity contribution >= 4 is 0 Å². The Morgan fingerprint density at radius 1 is 1.00 bits per heavy atom. The van der Waals surface area contributed by atoms with Crippen LogP contribution in [-0.2, 0) is 6.54 Å². The standard InChI is InChI=1S/C16H19NO/c1-11-4-5-13(10-17)16(8-11)15-7-6-14(18-3)9-12(15)2/h4-9H,10,17H2,1-3H3. The summed E-state index contributed by atoms with van der Waals surface area (Å²) in [5.74, 6) is 0.887. The summed E-state index contributed by atoms with van der Waals surface area (Å²) in [6.07, 6.45) is 0. The van der Waals surface area contributed by atoms with Crippen LogP contribution < -0.4 is 10.5 Å². The summed E-state index contributed by atoms with van der Waals surface area (Å²) in [6.45, 7) is 4.75. The van der Waals surface area contributed by atoms with Gasteiger partial charge in [0.15, 0.2) is 0 Å². The second-order valence-corrected chi connectivity index (χ2v) is 4.55. The van der Waals surface area contributed by atoms with Gasteiger partial charge in [0.25, 0.3) is 0 Å². The molecule has 2 heteroatoms. The number of methoxy groups -OCH3 is 1. The molecular weight excluding hydrogens is 222 g/mol. The van der Waals surface area contributed by atoms with Crippen molar-refractivity contribution in [3.63, 3.8) is 0 Å². The molecule has 2 aromatic rings. The van der Waals surface area contributed by atoms with Gasteiger partial charge >= 0.3 is 0 Å². The van der Waals surface area contributed by atoms with E-state index in [-0.39, 0.29) is 0 Å². The molecule has 0 fully saturated rings. The first kappa shape index (κ1) is 12.7. The van der Waals surface area contributed by atoms with Crippen molar-refractivity contribution in [2.75, 3.05) is 7.11 Å². The van der Waals surface area contributed by atoms with Crippen LogP contribution in [-0.4, -0.2) is 7.11 Å². The molecule has 0 aliphatic rings. The van der Waals surface area contributed by atoms with E-state index in [4.69, 9.17) is 10.5 Å². The first-order valence-electron chi connectivity index (χ1n) is 6.10. The van der Waals surface area contributed by atoms with E-state index in [0.717, 1.165) is 5.75 Å². The minimum atomic E-state index is 0.557. The fourth-order valence-corrected chi connectivity index (χ4v) is 2.18. The summed E-state index contributed by atoms with van der Waals surface area (Å²) < 4.78 is 5.24. The van der Waals surface area contributed by atoms with E-state index < -0.39 is 0 Å². The van der Waals surface area contributed by atoms with Crippen LogP contribution in [0.3, 0.4) is 0 Å². The van der Waals surface area contributed by atoms with E-state index in [1.807, 2.05) is 6.07 Å². The zero-order chi connectivity index (χ0) is 13.1. The molecule has 0 spiro atoms. The predicted octanol–water partition coefficient (Wildman–Crippen LogP) is 3.44. The first-order chi connectivity index (χ1) is 8.65. The highest BCUT2D eigenvalue weighted by molar-refractivity contribution is 5.72. The lowest BCUT2D eigenvalue weighted by Gasteiger charge is -2.13. The second kappa shape index (κ2) is 5.23. The second-order valence-electron chi connectivity index (χ2n) is 4.55. The van der Waals surface area contributed by atoms with Crippen LogP contribution in [0.5, 0.6) is 5.75 Å². The van der Waals surface area contributed by atoms with Gasteiger partial charge in [0.05, 0.1) is 7.11 Å². The molecule has 94 valence electrons. The van der Waals surface area contributed by atoms with Gasteiger partial charge in [-0.15, -0.1) is 0 Å². The minimum absolute atomic E-state index is 0.557. The maximum Gasteiger partial charge on any atom is 0.119 e. The van der Waals surface area contributed by atoms with Crippen molar-refractivity contribution in [1.82, 2.24) is 0 Å². The summed E-state index contributed by atoms with van der Waals surface area (Å²) in [5.41, 5.74) is 11.9. The van der Waals surface area contributed by atoms with Gasteiger partial charge in [-0.05, 0) is 48.2 Å². The SMILES string of the molecule is COc1ccc(-c2cc(C)ccc2CN)c(C)c1. The van der Waals surface area contributed by atoms with Crippen molar-refractivity contribution in [2.45, 2.75) is 20.4 Å². The summed E-state index contributed by atoms with van der Waals surface area (Å²) in [4.78, 5) is 0. The summed E-state index contributed by atoms with van der Waals surface area (Å²) in [6, 6.07) is 12.5. The molecule has 0 amide bonds. The van der Waals surface area contributed by atoms with E-state index in [2.05, 4.69) is 44.2 Å². The minimum Gasteiger partial charge on any atom is -0.497 e. The van der Waals surface area contributed by atoms with Gasteiger partial charge in [-0.2, -0.15) is 0 Å². The van der Waals surface area contributed by atoms with Crippen LogP contribution in [0.15, 0.2) is 36.4 Å². The van der Waals surface area contributed by atoms with E-state index in [1.165, 1.54) is 27.8 Å². The Hall–Kier alpha value is -1.80. The third-order valence-corrected chi connectivity index (χ3v) is 3.21. The molecule has 0 saturated carbocycles. The van der Waals surface area contributed by atoms with Crippen LogP contribution in [0.4, 0.5) is 0 Å². The van der Waals surface area contributed by atoms with Crippen LogP contribution in [0.2, 0.25) is 0 Å². The zero-order valence-electron chi connectivity index (χ0n) is 11.2. The van der Waals surface area contributed by atoms with Crippen molar-refractivity contribution in [3.8, 4) is 16.9 Å². The Morgan fingerprint density at radius 3 is 2.39 bits per heavy atom. The van der Waals surface area contributed by atoms with Crippen LogP contribution in [0.1, 0.15) is 16.7 Å². The third-order valence-electron chi connectivity index (χ3n) is 3.21. The molecule has 2 N–H and O–H groups in total. The summed E-state index contributed by atoms with van der Waals surface area (Å²) in [5, 5.41) is 0. The normalized spacial score (nSPS) is 10.4. The molecule has 18 heavy (non-hydrogen) atoms. The molecule has 2 rings (SSSR count). The lowest BCUT2D eigenvalue weighted by atomic mass is 9.94. The van der Waals surface area contributed by atoms with Gasteiger partial charge in [-0.1, -0.05) is 29.8 Å². The largest absolute Gasteiger partial charge is 0.497 e. The van der Waals surface area contributed by atoms with Crippen molar-refractivity contribution in [2.24, 2.45) is 5.73 Å². The lowest BCUT2D eigenvalue weighted by Crippen LogP contribution is -2.00. The molecule has 0 saturated heterocycles. The smallest absolute Gasteiger partial charge is 0.119 e. The molecule has 2 aromatic carbocycles. The van der Waals surface area contributed by atoms with E-state index >= 15 is 0 Å². The molecule has 0 unspecified atom stereocenters. The number of hydrogen-bond donors (Lipinski definition) is 1. The fraction of sp³-hybridized carbons (Fsp3) is 0.250. The first-order valence-corrected chi connectivity index (χ1v) is 6.10. The highest BCUT2D eigenvalue weighted by atomic mass is 16.5. The average molecular weight is 241 g/mol. The van der Waals surface area contributed by atoms with Crippen LogP contribution in [0.25, 0.3) is 11.1 Å². The maximum absolute atomic E-state index is 5.82. The quantitative estimate of drug-likeness (QED) is 0.893. The van der Waals surface area contributed by atoms with Gasteiger partial charge in [-0.25, -0.2) is 0 Å². The van der Waals surface area contributed by atoms with Crippen molar-refractivity contribution in [3.05, 3.63) is 53.1 Å². The molecule has 0 atom stereocenters. The van der Waals surface area contributed by atoms with Gasteiger partial charge in [0, 0.05) is 6.54 Å². The number of aryl methyl sites for hydroxylation is 2. The fourth-order valence-electron chi connectivity index (χ4n) is 2.18. The van der Waals surface area contributed by atoms with Crippen LogP contribution >= 0.6 is 0 Å². The Labute approximate surface area is 108 Å². The average Bonchev–Trinajstić information content (AvgIpc) is 2.38.